The van der Waals surface area contributed by atoms with Crippen LogP contribution in [-0.2, 0) is 16.1 Å². The molecule has 140 valence electrons. The quantitative estimate of drug-likeness (QED) is 0.777. The molecule has 3 rings (SSSR count). The number of carbonyl (C=O) groups is 1. The van der Waals surface area contributed by atoms with E-state index >= 15 is 0 Å². The molecule has 0 radical (unpaired) electrons. The summed E-state index contributed by atoms with van der Waals surface area (Å²) in [5.74, 6) is 0.107. The summed E-state index contributed by atoms with van der Waals surface area (Å²) >= 11 is 1.35. The maximum absolute atomic E-state index is 12.8. The summed E-state index contributed by atoms with van der Waals surface area (Å²) in [4.78, 5) is 26.7. The number of nitrogens with zero attached hydrogens (tertiary/aromatic N) is 3. The van der Waals surface area contributed by atoms with Crippen LogP contribution < -0.4 is 5.69 Å². The molecule has 2 atom stereocenters. The molecule has 1 saturated heterocycles. The molecule has 0 bridgehead atoms. The first-order valence-electron chi connectivity index (χ1n) is 9.26. The number of hydrogen-bond donors (Lipinski definition) is 1. The minimum atomic E-state index is -0.273. The zero-order valence-corrected chi connectivity index (χ0v) is 15.9. The van der Waals surface area contributed by atoms with E-state index < -0.39 is 0 Å². The Morgan fingerprint density at radius 2 is 2.12 bits per heavy atom. The van der Waals surface area contributed by atoms with Crippen molar-refractivity contribution in [2.75, 3.05) is 13.7 Å². The van der Waals surface area contributed by atoms with E-state index in [4.69, 9.17) is 4.74 Å². The zero-order chi connectivity index (χ0) is 17.8. The number of thioether (sulfide) groups is 1. The lowest BCUT2D eigenvalue weighted by Crippen LogP contribution is -2.42. The first-order chi connectivity index (χ1) is 12.1. The molecular weight excluding hydrogens is 340 g/mol. The maximum Gasteiger partial charge on any atom is 0.344 e. The van der Waals surface area contributed by atoms with E-state index in [0.29, 0.717) is 17.7 Å². The number of amides is 1. The molecular formula is C17H28N4O3S. The van der Waals surface area contributed by atoms with Gasteiger partial charge >= 0.3 is 5.69 Å². The van der Waals surface area contributed by atoms with E-state index in [9.17, 15) is 9.59 Å². The van der Waals surface area contributed by atoms with Gasteiger partial charge in [0, 0.05) is 19.7 Å². The van der Waals surface area contributed by atoms with Crippen LogP contribution in [0.5, 0.6) is 0 Å². The van der Waals surface area contributed by atoms with Crippen LogP contribution in [0, 0.1) is 0 Å². The number of aromatic nitrogens is 3. The zero-order valence-electron chi connectivity index (χ0n) is 15.1. The van der Waals surface area contributed by atoms with Gasteiger partial charge in [-0.3, -0.25) is 9.36 Å². The molecule has 1 amide bonds. The summed E-state index contributed by atoms with van der Waals surface area (Å²) in [6.07, 6.45) is 7.89. The van der Waals surface area contributed by atoms with Crippen molar-refractivity contribution in [1.82, 2.24) is 19.7 Å². The summed E-state index contributed by atoms with van der Waals surface area (Å²) in [6.45, 7) is 3.14. The Kier molecular flexibility index (Phi) is 6.22. The standard InChI is InChI=1S/C17H28N4O3S/c1-12(15(22)20(2)13-7-4-3-5-8-13)25-17-19-18-16(23)21(17)11-14-9-6-10-24-14/h12-14H,3-11H2,1-2H3,(H,18,23). The lowest BCUT2D eigenvalue weighted by atomic mass is 9.94. The first kappa shape index (κ1) is 18.5. The Morgan fingerprint density at radius 1 is 1.36 bits per heavy atom. The third-order valence-corrected chi connectivity index (χ3v) is 6.31. The minimum absolute atomic E-state index is 0.0607. The Hall–Kier alpha value is -1.28. The van der Waals surface area contributed by atoms with Crippen molar-refractivity contribution >= 4 is 17.7 Å². The van der Waals surface area contributed by atoms with Gasteiger partial charge in [-0.05, 0) is 32.6 Å². The topological polar surface area (TPSA) is 80.2 Å². The van der Waals surface area contributed by atoms with Crippen molar-refractivity contribution in [2.45, 2.75) is 81.0 Å². The second-order valence-electron chi connectivity index (χ2n) is 7.06. The molecule has 2 aliphatic rings. The number of H-pyrrole nitrogens is 1. The predicted molar refractivity (Wildman–Crippen MR) is 96.8 cm³/mol. The van der Waals surface area contributed by atoms with Gasteiger partial charge in [-0.1, -0.05) is 31.0 Å². The maximum atomic E-state index is 12.8. The fourth-order valence-corrected chi connectivity index (χ4v) is 4.66. The van der Waals surface area contributed by atoms with Gasteiger partial charge in [0.15, 0.2) is 5.16 Å². The van der Waals surface area contributed by atoms with E-state index in [-0.39, 0.29) is 23.0 Å². The molecule has 25 heavy (non-hydrogen) atoms. The minimum Gasteiger partial charge on any atom is -0.376 e. The van der Waals surface area contributed by atoms with Crippen molar-refractivity contribution in [3.8, 4) is 0 Å². The number of aromatic amines is 1. The van der Waals surface area contributed by atoms with Gasteiger partial charge in [-0.2, -0.15) is 0 Å². The summed E-state index contributed by atoms with van der Waals surface area (Å²) in [5.41, 5.74) is -0.238. The summed E-state index contributed by atoms with van der Waals surface area (Å²) in [7, 11) is 1.90. The third-order valence-electron chi connectivity index (χ3n) is 5.23. The van der Waals surface area contributed by atoms with Gasteiger partial charge in [0.25, 0.3) is 0 Å². The van der Waals surface area contributed by atoms with E-state index in [0.717, 1.165) is 32.3 Å². The predicted octanol–water partition coefficient (Wildman–Crippen LogP) is 2.02. The highest BCUT2D eigenvalue weighted by molar-refractivity contribution is 8.00. The molecule has 1 aliphatic heterocycles. The van der Waals surface area contributed by atoms with Crippen LogP contribution in [0.2, 0.25) is 0 Å². The first-order valence-corrected chi connectivity index (χ1v) is 10.1. The fraction of sp³-hybridized carbons (Fsp3) is 0.824. The second-order valence-corrected chi connectivity index (χ2v) is 8.37. The molecule has 2 heterocycles. The largest absolute Gasteiger partial charge is 0.376 e. The lowest BCUT2D eigenvalue weighted by Gasteiger charge is -2.32. The molecule has 1 aliphatic carbocycles. The van der Waals surface area contributed by atoms with Crippen LogP contribution in [0.1, 0.15) is 51.9 Å². The van der Waals surface area contributed by atoms with Crippen LogP contribution in [0.4, 0.5) is 0 Å². The molecule has 7 nitrogen and oxygen atoms in total. The number of hydrogen-bond acceptors (Lipinski definition) is 5. The smallest absolute Gasteiger partial charge is 0.344 e. The highest BCUT2D eigenvalue weighted by Crippen LogP contribution is 2.26. The van der Waals surface area contributed by atoms with Crippen LogP contribution in [-0.4, -0.2) is 56.6 Å². The number of nitrogens with one attached hydrogen (secondary N) is 1. The van der Waals surface area contributed by atoms with E-state index in [2.05, 4.69) is 10.2 Å². The Bertz CT molecular complexity index is 632. The van der Waals surface area contributed by atoms with Gasteiger partial charge in [0.2, 0.25) is 5.91 Å². The average molecular weight is 369 g/mol. The molecule has 1 saturated carbocycles. The number of ether oxygens (including phenoxy) is 1. The second kappa shape index (κ2) is 8.40. The Morgan fingerprint density at radius 3 is 2.80 bits per heavy atom. The third kappa shape index (κ3) is 4.47. The van der Waals surface area contributed by atoms with Crippen molar-refractivity contribution < 1.29 is 9.53 Å². The van der Waals surface area contributed by atoms with Gasteiger partial charge in [0.1, 0.15) is 0 Å². The molecule has 1 aromatic rings. The van der Waals surface area contributed by atoms with Gasteiger partial charge in [0.05, 0.1) is 17.9 Å². The van der Waals surface area contributed by atoms with Gasteiger partial charge < -0.3 is 9.64 Å². The molecule has 2 unspecified atom stereocenters. The van der Waals surface area contributed by atoms with Crippen LogP contribution >= 0.6 is 11.8 Å². The monoisotopic (exact) mass is 368 g/mol. The SMILES string of the molecule is CC(Sc1n[nH]c(=O)n1CC1CCCO1)C(=O)N(C)C1CCCCC1. The van der Waals surface area contributed by atoms with E-state index in [1.54, 1.807) is 4.57 Å². The number of rotatable bonds is 6. The van der Waals surface area contributed by atoms with Crippen molar-refractivity contribution in [1.29, 1.82) is 0 Å². The highest BCUT2D eigenvalue weighted by atomic mass is 32.2. The van der Waals surface area contributed by atoms with Crippen molar-refractivity contribution in [3.05, 3.63) is 10.5 Å². The molecule has 1 aromatic heterocycles. The van der Waals surface area contributed by atoms with E-state index in [1.807, 2.05) is 18.9 Å². The van der Waals surface area contributed by atoms with E-state index in [1.165, 1.54) is 31.0 Å². The van der Waals surface area contributed by atoms with Crippen LogP contribution in [0.25, 0.3) is 0 Å². The molecule has 2 fully saturated rings. The number of carbonyl (C=O) groups excluding carboxylic acids is 1. The van der Waals surface area contributed by atoms with Crippen molar-refractivity contribution in [3.63, 3.8) is 0 Å². The summed E-state index contributed by atoms with van der Waals surface area (Å²) < 4.78 is 7.22. The fourth-order valence-electron chi connectivity index (χ4n) is 3.69. The van der Waals surface area contributed by atoms with Crippen LogP contribution in [0.3, 0.4) is 0 Å². The van der Waals surface area contributed by atoms with Gasteiger partial charge in [-0.15, -0.1) is 5.10 Å². The molecule has 8 heteroatoms. The highest BCUT2D eigenvalue weighted by Gasteiger charge is 2.28. The van der Waals surface area contributed by atoms with Crippen LogP contribution in [0.15, 0.2) is 9.95 Å². The molecule has 0 aromatic carbocycles. The summed E-state index contributed by atoms with van der Waals surface area (Å²) in [6, 6.07) is 0.345. The Balaban J connectivity index is 1.62. The average Bonchev–Trinajstić information content (AvgIpc) is 3.26. The van der Waals surface area contributed by atoms with Crippen molar-refractivity contribution in [2.24, 2.45) is 0 Å². The normalized spacial score (nSPS) is 22.9. The summed E-state index contributed by atoms with van der Waals surface area (Å²) in [5, 5.41) is 6.91. The molecule has 0 spiro atoms. The lowest BCUT2D eigenvalue weighted by molar-refractivity contribution is -0.131. The molecule has 1 N–H and O–H groups in total. The van der Waals surface area contributed by atoms with Gasteiger partial charge in [-0.25, -0.2) is 9.89 Å². The Labute approximate surface area is 152 Å².